The molecule has 0 saturated heterocycles. The van der Waals surface area contributed by atoms with E-state index in [1.54, 1.807) is 6.92 Å². The molecule has 3 aromatic heterocycles. The second-order valence-corrected chi connectivity index (χ2v) is 9.91. The molecule has 0 amide bonds. The Kier molecular flexibility index (Phi) is 6.96. The van der Waals surface area contributed by atoms with E-state index in [0.717, 1.165) is 10.6 Å². The van der Waals surface area contributed by atoms with Crippen LogP contribution >= 0.6 is 11.6 Å². The molecule has 0 aromatic carbocycles. The van der Waals surface area contributed by atoms with Crippen LogP contribution in [-0.4, -0.2) is 31.4 Å². The predicted molar refractivity (Wildman–Crippen MR) is 130 cm³/mol. The van der Waals surface area contributed by atoms with Crippen molar-refractivity contribution in [2.45, 2.75) is 70.3 Å². The van der Waals surface area contributed by atoms with Gasteiger partial charge in [0.25, 0.3) is 11.5 Å². The maximum atomic E-state index is 14.4. The predicted octanol–water partition coefficient (Wildman–Crippen LogP) is 6.33. The number of nitrogens with zero attached hydrogens (tertiary/aromatic N) is 3. The van der Waals surface area contributed by atoms with Gasteiger partial charge in [0.05, 0.1) is 17.4 Å². The molecule has 1 aliphatic carbocycles. The summed E-state index contributed by atoms with van der Waals surface area (Å²) in [6, 6.07) is 3.17. The van der Waals surface area contributed by atoms with Crippen molar-refractivity contribution >= 4 is 28.9 Å². The summed E-state index contributed by atoms with van der Waals surface area (Å²) in [6.07, 6.45) is 0.655. The summed E-state index contributed by atoms with van der Waals surface area (Å²) < 4.78 is 57.4. The smallest absolute Gasteiger partial charge is 0.356 e. The van der Waals surface area contributed by atoms with Crippen molar-refractivity contribution in [1.82, 2.24) is 14.4 Å². The average Bonchev–Trinajstić information content (AvgIpc) is 2.81. The van der Waals surface area contributed by atoms with Crippen molar-refractivity contribution in [3.8, 4) is 0 Å². The van der Waals surface area contributed by atoms with Gasteiger partial charge in [-0.3, -0.25) is 9.20 Å². The molecule has 3 heterocycles. The fourth-order valence-electron chi connectivity index (χ4n) is 4.67. The second kappa shape index (κ2) is 9.59. The van der Waals surface area contributed by atoms with Crippen LogP contribution in [0.3, 0.4) is 0 Å². The number of carbonyl (C=O) groups is 1. The van der Waals surface area contributed by atoms with E-state index >= 15 is 0 Å². The van der Waals surface area contributed by atoms with Crippen molar-refractivity contribution in [3.63, 3.8) is 0 Å². The molecule has 1 saturated carbocycles. The second-order valence-electron chi connectivity index (χ2n) is 9.52. The molecular formula is C25H25ClF4N4O3. The van der Waals surface area contributed by atoms with Crippen LogP contribution < -0.4 is 10.9 Å². The zero-order valence-electron chi connectivity index (χ0n) is 20.3. The van der Waals surface area contributed by atoms with Gasteiger partial charge in [-0.25, -0.2) is 32.3 Å². The lowest BCUT2D eigenvalue weighted by Gasteiger charge is -2.29. The summed E-state index contributed by atoms with van der Waals surface area (Å²) >= 11 is 5.82. The maximum absolute atomic E-state index is 14.4. The van der Waals surface area contributed by atoms with E-state index in [4.69, 9.17) is 11.6 Å². The van der Waals surface area contributed by atoms with Crippen molar-refractivity contribution < 1.29 is 27.5 Å². The zero-order chi connectivity index (χ0) is 27.3. The van der Waals surface area contributed by atoms with Gasteiger partial charge in [0.15, 0.2) is 5.69 Å². The highest BCUT2D eigenvalue weighted by Crippen LogP contribution is 2.41. The summed E-state index contributed by atoms with van der Waals surface area (Å²) in [5.74, 6) is -7.79. The molecule has 12 heteroatoms. The number of aromatic carboxylic acids is 1. The summed E-state index contributed by atoms with van der Waals surface area (Å²) in [5.41, 5.74) is -0.443. The third-order valence-electron chi connectivity index (χ3n) is 6.73. The number of fused-ring (bicyclic) bond motifs is 1. The summed E-state index contributed by atoms with van der Waals surface area (Å²) in [4.78, 5) is 33.4. The van der Waals surface area contributed by atoms with Crippen LogP contribution in [0.5, 0.6) is 0 Å². The Balaban J connectivity index is 1.88. The van der Waals surface area contributed by atoms with Crippen LogP contribution in [0.15, 0.2) is 29.2 Å². The molecule has 0 aliphatic heterocycles. The lowest BCUT2D eigenvalue weighted by Crippen LogP contribution is -2.28. The summed E-state index contributed by atoms with van der Waals surface area (Å²) in [6.45, 7) is 3.81. The molecule has 3 aromatic rings. The Hall–Kier alpha value is -3.21. The lowest BCUT2D eigenvalue weighted by atomic mass is 9.83. The van der Waals surface area contributed by atoms with Gasteiger partial charge in [0.1, 0.15) is 10.8 Å². The van der Waals surface area contributed by atoms with Gasteiger partial charge >= 0.3 is 5.97 Å². The Morgan fingerprint density at radius 2 is 1.92 bits per heavy atom. The first-order valence-corrected chi connectivity index (χ1v) is 12.0. The van der Waals surface area contributed by atoms with Crippen molar-refractivity contribution in [2.75, 3.05) is 5.32 Å². The van der Waals surface area contributed by atoms with E-state index in [-0.39, 0.29) is 64.9 Å². The van der Waals surface area contributed by atoms with Crippen molar-refractivity contribution in [3.05, 3.63) is 68.0 Å². The van der Waals surface area contributed by atoms with Gasteiger partial charge in [-0.05, 0) is 44.9 Å². The number of halogens is 5. The number of hydrogen-bond donors (Lipinski definition) is 2. The molecule has 4 rings (SSSR count). The third-order valence-corrected chi connectivity index (χ3v) is 6.94. The minimum Gasteiger partial charge on any atom is -0.476 e. The number of rotatable bonds is 6. The van der Waals surface area contributed by atoms with Crippen LogP contribution in [0.1, 0.15) is 84.4 Å². The Labute approximate surface area is 214 Å². The molecule has 2 N–H and O–H groups in total. The third kappa shape index (κ3) is 5.41. The van der Waals surface area contributed by atoms with Gasteiger partial charge < -0.3 is 10.4 Å². The number of carboxylic acids is 1. The van der Waals surface area contributed by atoms with Gasteiger partial charge in [0.2, 0.25) is 5.92 Å². The molecule has 1 atom stereocenters. The van der Waals surface area contributed by atoms with Crippen LogP contribution in [-0.2, 0) is 5.92 Å². The van der Waals surface area contributed by atoms with E-state index in [2.05, 4.69) is 15.3 Å². The van der Waals surface area contributed by atoms with Gasteiger partial charge in [-0.2, -0.15) is 0 Å². The van der Waals surface area contributed by atoms with Crippen LogP contribution in [0.2, 0.25) is 5.15 Å². The van der Waals surface area contributed by atoms with E-state index in [9.17, 15) is 32.3 Å². The highest BCUT2D eigenvalue weighted by molar-refractivity contribution is 6.29. The largest absolute Gasteiger partial charge is 0.476 e. The average molecular weight is 541 g/mol. The van der Waals surface area contributed by atoms with Gasteiger partial charge in [-0.1, -0.05) is 11.6 Å². The molecule has 1 unspecified atom stereocenters. The van der Waals surface area contributed by atoms with E-state index < -0.39 is 35.0 Å². The molecule has 7 nitrogen and oxygen atoms in total. The van der Waals surface area contributed by atoms with Gasteiger partial charge in [0, 0.05) is 48.6 Å². The molecule has 198 valence electrons. The topological polar surface area (TPSA) is 96.6 Å². The van der Waals surface area contributed by atoms with Crippen molar-refractivity contribution in [1.29, 1.82) is 0 Å². The first-order valence-electron chi connectivity index (χ1n) is 11.7. The first-order chi connectivity index (χ1) is 17.2. The number of carboxylic acid groups (broad SMARTS) is 1. The molecular weight excluding hydrogens is 516 g/mol. The summed E-state index contributed by atoms with van der Waals surface area (Å²) in [7, 11) is 0. The lowest BCUT2D eigenvalue weighted by molar-refractivity contribution is -0.0385. The summed E-state index contributed by atoms with van der Waals surface area (Å²) in [5, 5.41) is 12.4. The zero-order valence-corrected chi connectivity index (χ0v) is 21.0. The van der Waals surface area contributed by atoms with E-state index in [0.29, 0.717) is 12.6 Å². The molecule has 0 spiro atoms. The molecule has 37 heavy (non-hydrogen) atoms. The van der Waals surface area contributed by atoms with E-state index in [1.807, 2.05) is 0 Å². The number of nitrogens with one attached hydrogen (secondary N) is 1. The molecule has 1 fully saturated rings. The van der Waals surface area contributed by atoms with Crippen LogP contribution in [0.25, 0.3) is 5.65 Å². The Bertz CT molecular complexity index is 1430. The van der Waals surface area contributed by atoms with Gasteiger partial charge in [-0.15, -0.1) is 0 Å². The number of pyridine rings is 2. The SMILES string of the molecule is Cc1c(C2CCC(F)(F)CC2)nc2c(C(C)Nc3ccc(Cl)nc3C(=O)O)cc(C(C)(F)F)cn2c1=O. The maximum Gasteiger partial charge on any atom is 0.356 e. The van der Waals surface area contributed by atoms with Crippen LogP contribution in [0.4, 0.5) is 23.2 Å². The van der Waals surface area contributed by atoms with Crippen LogP contribution in [0, 0.1) is 6.92 Å². The minimum absolute atomic E-state index is 0.0416. The minimum atomic E-state index is -3.29. The molecule has 0 radical (unpaired) electrons. The quantitative estimate of drug-likeness (QED) is 0.280. The van der Waals surface area contributed by atoms with Crippen molar-refractivity contribution in [2.24, 2.45) is 0 Å². The number of aromatic nitrogens is 3. The fourth-order valence-corrected chi connectivity index (χ4v) is 4.81. The highest BCUT2D eigenvalue weighted by Gasteiger charge is 2.37. The number of anilines is 1. The highest BCUT2D eigenvalue weighted by atomic mass is 35.5. The molecule has 0 bridgehead atoms. The Morgan fingerprint density at radius 1 is 1.27 bits per heavy atom. The monoisotopic (exact) mass is 540 g/mol. The Morgan fingerprint density at radius 3 is 2.51 bits per heavy atom. The standard InChI is InChI=1S/C25H25ClF4N4O3/c1-12-19(14-6-8-25(29,30)9-7-14)33-21-16(10-15(24(3,27)28)11-34(21)22(12)35)13(2)31-17-4-5-18(26)32-20(17)23(36)37/h4-5,10-11,13-14,31H,6-9H2,1-3H3,(H,36,37). The number of alkyl halides is 4. The fraction of sp³-hybridized carbons (Fsp3) is 0.440. The normalized spacial score (nSPS) is 17.1. The molecule has 1 aliphatic rings. The first kappa shape index (κ1) is 26.8. The number of hydrogen-bond acceptors (Lipinski definition) is 5. The van der Waals surface area contributed by atoms with E-state index in [1.165, 1.54) is 25.1 Å².